The molecule has 0 fully saturated rings. The predicted molar refractivity (Wildman–Crippen MR) is 59.9 cm³/mol. The third kappa shape index (κ3) is 2.31. The molecule has 8 heteroatoms. The first-order chi connectivity index (χ1) is 7.89. The van der Waals surface area contributed by atoms with Gasteiger partial charge < -0.3 is 0 Å². The minimum atomic E-state index is -3.92. The zero-order valence-corrected chi connectivity index (χ0v) is 9.91. The second-order valence-corrected chi connectivity index (χ2v) is 5.14. The maximum Gasteiger partial charge on any atom is 0.255 e. The number of aromatic nitrogens is 2. The van der Waals surface area contributed by atoms with Crippen molar-refractivity contribution in [3.63, 3.8) is 0 Å². The fourth-order valence-corrected chi connectivity index (χ4v) is 2.22. The number of rotatable bonds is 2. The fraction of sp³-hybridized carbons (Fsp3) is 0. The van der Waals surface area contributed by atoms with Crippen molar-refractivity contribution in [3.8, 4) is 5.69 Å². The molecule has 2 rings (SSSR count). The second kappa shape index (κ2) is 4.10. The van der Waals surface area contributed by atoms with Crippen LogP contribution in [0.4, 0.5) is 4.39 Å². The lowest BCUT2D eigenvalue weighted by molar-refractivity contribution is 0.587. The van der Waals surface area contributed by atoms with E-state index in [4.69, 9.17) is 16.7 Å². The van der Waals surface area contributed by atoms with E-state index in [1.54, 1.807) is 0 Å². The van der Waals surface area contributed by atoms with E-state index in [1.807, 2.05) is 0 Å². The van der Waals surface area contributed by atoms with E-state index in [9.17, 15) is 12.8 Å². The molecule has 0 radical (unpaired) electrons. The highest BCUT2D eigenvalue weighted by atomic mass is 35.5. The van der Waals surface area contributed by atoms with Gasteiger partial charge in [0.1, 0.15) is 5.82 Å². The highest BCUT2D eigenvalue weighted by Crippen LogP contribution is 2.23. The first-order valence-corrected chi connectivity index (χ1v) is 6.34. The molecular formula is C9H7ClFN3O2S. The average molecular weight is 276 g/mol. The molecule has 5 nitrogen and oxygen atoms in total. The van der Waals surface area contributed by atoms with Gasteiger partial charge in [0.15, 0.2) is 5.03 Å². The van der Waals surface area contributed by atoms with Crippen LogP contribution in [0.3, 0.4) is 0 Å². The van der Waals surface area contributed by atoms with E-state index >= 15 is 0 Å². The lowest BCUT2D eigenvalue weighted by Gasteiger charge is -2.07. The van der Waals surface area contributed by atoms with Crippen LogP contribution in [0.2, 0.25) is 5.02 Å². The summed E-state index contributed by atoms with van der Waals surface area (Å²) in [5.41, 5.74) is 0.238. The molecule has 0 aliphatic rings. The molecule has 0 saturated carbocycles. The number of hydrogen-bond donors (Lipinski definition) is 1. The zero-order valence-electron chi connectivity index (χ0n) is 8.34. The molecule has 0 aliphatic carbocycles. The highest BCUT2D eigenvalue weighted by molar-refractivity contribution is 7.89. The largest absolute Gasteiger partial charge is 0.255 e. The molecule has 0 atom stereocenters. The minimum absolute atomic E-state index is 0.0404. The molecule has 0 spiro atoms. The van der Waals surface area contributed by atoms with Crippen molar-refractivity contribution in [2.45, 2.75) is 5.03 Å². The average Bonchev–Trinajstić information content (AvgIpc) is 2.65. The normalized spacial score (nSPS) is 11.7. The summed E-state index contributed by atoms with van der Waals surface area (Å²) in [5.74, 6) is -0.525. The van der Waals surface area contributed by atoms with E-state index < -0.39 is 15.8 Å². The van der Waals surface area contributed by atoms with Crippen LogP contribution < -0.4 is 5.14 Å². The van der Waals surface area contributed by atoms with Gasteiger partial charge in [-0.05, 0) is 24.3 Å². The molecule has 0 bridgehead atoms. The Morgan fingerprint density at radius 2 is 2.06 bits per heavy atom. The van der Waals surface area contributed by atoms with Crippen LogP contribution in [0.25, 0.3) is 5.69 Å². The minimum Gasteiger partial charge on any atom is -0.223 e. The Bertz CT molecular complexity index is 669. The SMILES string of the molecule is NS(=O)(=O)c1ccnn1-c1ccc(F)cc1Cl. The summed E-state index contributed by atoms with van der Waals surface area (Å²) < 4.78 is 36.4. The van der Waals surface area contributed by atoms with Crippen LogP contribution in [-0.4, -0.2) is 18.2 Å². The van der Waals surface area contributed by atoms with Crippen LogP contribution in [0.5, 0.6) is 0 Å². The maximum atomic E-state index is 12.9. The van der Waals surface area contributed by atoms with Gasteiger partial charge in [-0.3, -0.25) is 0 Å². The predicted octanol–water partition coefficient (Wildman–Crippen LogP) is 1.31. The molecule has 90 valence electrons. The Labute approximate surface area is 102 Å². The van der Waals surface area contributed by atoms with Crippen molar-refractivity contribution in [2.24, 2.45) is 5.14 Å². The molecule has 0 saturated heterocycles. The Morgan fingerprint density at radius 1 is 1.35 bits per heavy atom. The van der Waals surface area contributed by atoms with Crippen molar-refractivity contribution >= 4 is 21.6 Å². The zero-order chi connectivity index (χ0) is 12.6. The summed E-state index contributed by atoms with van der Waals surface area (Å²) in [6.07, 6.45) is 1.26. The fourth-order valence-electron chi connectivity index (χ4n) is 1.34. The molecule has 1 aromatic carbocycles. The summed E-state index contributed by atoms with van der Waals surface area (Å²) >= 11 is 5.81. The summed E-state index contributed by atoms with van der Waals surface area (Å²) in [7, 11) is -3.92. The molecule has 1 aromatic heterocycles. The summed E-state index contributed by atoms with van der Waals surface area (Å²) in [4.78, 5) is 0. The monoisotopic (exact) mass is 275 g/mol. The summed E-state index contributed by atoms with van der Waals surface area (Å²) in [5, 5.41) is 8.63. The Hall–Kier alpha value is -1.44. The van der Waals surface area contributed by atoms with Gasteiger partial charge in [-0.2, -0.15) is 5.10 Å². The van der Waals surface area contributed by atoms with Gasteiger partial charge in [0.2, 0.25) is 0 Å². The first kappa shape index (κ1) is 12.0. The number of primary sulfonamides is 1. The maximum absolute atomic E-state index is 12.9. The van der Waals surface area contributed by atoms with E-state index in [0.29, 0.717) is 0 Å². The number of sulfonamides is 1. The van der Waals surface area contributed by atoms with Crippen LogP contribution in [-0.2, 0) is 10.0 Å². The van der Waals surface area contributed by atoms with Crippen LogP contribution >= 0.6 is 11.6 Å². The van der Waals surface area contributed by atoms with Crippen LogP contribution in [0, 0.1) is 5.82 Å². The molecule has 0 aliphatic heterocycles. The third-order valence-electron chi connectivity index (χ3n) is 2.04. The molecular weight excluding hydrogens is 269 g/mol. The van der Waals surface area contributed by atoms with Gasteiger partial charge in [0, 0.05) is 0 Å². The standard InChI is InChI=1S/C9H7ClFN3O2S/c10-7-5-6(11)1-2-8(7)14-9(3-4-13-14)17(12,15)16/h1-5H,(H2,12,15,16). The second-order valence-electron chi connectivity index (χ2n) is 3.22. The van der Waals surface area contributed by atoms with E-state index in [2.05, 4.69) is 5.10 Å². The number of halogens is 2. The topological polar surface area (TPSA) is 78.0 Å². The van der Waals surface area contributed by atoms with Gasteiger partial charge in [0.25, 0.3) is 10.0 Å². The molecule has 0 unspecified atom stereocenters. The lowest BCUT2D eigenvalue weighted by Crippen LogP contribution is -2.17. The van der Waals surface area contributed by atoms with Crippen molar-refractivity contribution < 1.29 is 12.8 Å². The molecule has 2 aromatic rings. The smallest absolute Gasteiger partial charge is 0.223 e. The molecule has 1 heterocycles. The van der Waals surface area contributed by atoms with E-state index in [-0.39, 0.29) is 15.7 Å². The summed E-state index contributed by atoms with van der Waals surface area (Å²) in [6.45, 7) is 0. The number of benzene rings is 1. The quantitative estimate of drug-likeness (QED) is 0.898. The number of hydrogen-bond acceptors (Lipinski definition) is 3. The number of nitrogens with zero attached hydrogens (tertiary/aromatic N) is 2. The van der Waals surface area contributed by atoms with Gasteiger partial charge in [-0.25, -0.2) is 22.6 Å². The molecule has 2 N–H and O–H groups in total. The lowest BCUT2D eigenvalue weighted by atomic mass is 10.3. The van der Waals surface area contributed by atoms with E-state index in [0.717, 1.165) is 16.8 Å². The summed E-state index contributed by atoms with van der Waals surface area (Å²) in [6, 6.07) is 4.76. The Morgan fingerprint density at radius 3 is 2.65 bits per heavy atom. The van der Waals surface area contributed by atoms with Crippen molar-refractivity contribution in [1.29, 1.82) is 0 Å². The van der Waals surface area contributed by atoms with Crippen molar-refractivity contribution in [1.82, 2.24) is 9.78 Å². The van der Waals surface area contributed by atoms with Crippen LogP contribution in [0.1, 0.15) is 0 Å². The molecule has 0 amide bonds. The van der Waals surface area contributed by atoms with Crippen molar-refractivity contribution in [2.75, 3.05) is 0 Å². The van der Waals surface area contributed by atoms with Gasteiger partial charge in [-0.1, -0.05) is 11.6 Å². The number of nitrogens with two attached hydrogens (primary N) is 1. The van der Waals surface area contributed by atoms with Gasteiger partial charge in [-0.15, -0.1) is 0 Å². The highest BCUT2D eigenvalue weighted by Gasteiger charge is 2.17. The van der Waals surface area contributed by atoms with Gasteiger partial charge >= 0.3 is 0 Å². The molecule has 17 heavy (non-hydrogen) atoms. The third-order valence-corrected chi connectivity index (χ3v) is 3.23. The van der Waals surface area contributed by atoms with E-state index in [1.165, 1.54) is 18.3 Å². The Kier molecular flexibility index (Phi) is 2.90. The van der Waals surface area contributed by atoms with Gasteiger partial charge in [0.05, 0.1) is 16.9 Å². The van der Waals surface area contributed by atoms with Crippen LogP contribution in [0.15, 0.2) is 35.5 Å². The van der Waals surface area contributed by atoms with Crippen molar-refractivity contribution in [3.05, 3.63) is 41.3 Å². The Balaban J connectivity index is 2.66. The first-order valence-electron chi connectivity index (χ1n) is 4.42.